The zero-order valence-electron chi connectivity index (χ0n) is 10.9. The molecule has 19 heavy (non-hydrogen) atoms. The highest BCUT2D eigenvalue weighted by atomic mass is 16.5. The largest absolute Gasteiger partial charge is 0.508 e. The van der Waals surface area contributed by atoms with Gasteiger partial charge in [-0.05, 0) is 25.3 Å². The highest BCUT2D eigenvalue weighted by molar-refractivity contribution is 5.80. The van der Waals surface area contributed by atoms with Crippen LogP contribution in [0.15, 0.2) is 24.3 Å². The van der Waals surface area contributed by atoms with Crippen LogP contribution in [0.1, 0.15) is 24.8 Å². The maximum Gasteiger partial charge on any atom is 0.227 e. The number of hydrogen-bond donors (Lipinski definition) is 1. The molecule has 2 fully saturated rings. The first kappa shape index (κ1) is 12.5. The second-order valence-corrected chi connectivity index (χ2v) is 5.30. The molecule has 4 nitrogen and oxygen atoms in total. The zero-order valence-corrected chi connectivity index (χ0v) is 10.9. The molecule has 2 unspecified atom stereocenters. The van der Waals surface area contributed by atoms with Crippen molar-refractivity contribution < 1.29 is 14.6 Å². The van der Waals surface area contributed by atoms with Crippen molar-refractivity contribution in [3.05, 3.63) is 29.8 Å². The van der Waals surface area contributed by atoms with Gasteiger partial charge in [-0.25, -0.2) is 0 Å². The van der Waals surface area contributed by atoms with Crippen molar-refractivity contribution in [3.63, 3.8) is 0 Å². The predicted molar refractivity (Wildman–Crippen MR) is 70.9 cm³/mol. The monoisotopic (exact) mass is 261 g/mol. The Morgan fingerprint density at radius 3 is 3.05 bits per heavy atom. The summed E-state index contributed by atoms with van der Waals surface area (Å²) in [5.74, 6) is 0.300. The lowest BCUT2D eigenvalue weighted by Crippen LogP contribution is -2.51. The minimum Gasteiger partial charge on any atom is -0.508 e. The Morgan fingerprint density at radius 1 is 1.37 bits per heavy atom. The van der Waals surface area contributed by atoms with Gasteiger partial charge in [0.1, 0.15) is 5.75 Å². The van der Waals surface area contributed by atoms with Crippen molar-refractivity contribution in [2.24, 2.45) is 0 Å². The lowest BCUT2D eigenvalue weighted by molar-refractivity contribution is -0.143. The predicted octanol–water partition coefficient (Wildman–Crippen LogP) is 1.71. The molecule has 0 radical (unpaired) electrons. The Bertz CT molecular complexity index is 474. The maximum atomic E-state index is 12.4. The molecule has 1 saturated heterocycles. The van der Waals surface area contributed by atoms with Crippen LogP contribution in [0, 0.1) is 0 Å². The molecule has 1 aromatic carbocycles. The van der Waals surface area contributed by atoms with Crippen LogP contribution in [0.2, 0.25) is 0 Å². The Kier molecular flexibility index (Phi) is 3.42. The lowest BCUT2D eigenvalue weighted by atomic mass is 10.1. The van der Waals surface area contributed by atoms with E-state index in [0.29, 0.717) is 18.7 Å². The molecule has 1 N–H and O–H groups in total. The van der Waals surface area contributed by atoms with Gasteiger partial charge in [0.2, 0.25) is 5.91 Å². The number of carbonyl (C=O) groups excluding carboxylic acids is 1. The molecule has 1 aliphatic carbocycles. The van der Waals surface area contributed by atoms with Crippen LogP contribution in [-0.4, -0.2) is 41.2 Å². The Labute approximate surface area is 113 Å². The summed E-state index contributed by atoms with van der Waals surface area (Å²) in [6.07, 6.45) is 3.73. The molecule has 0 bridgehead atoms. The number of morpholine rings is 1. The van der Waals surface area contributed by atoms with Crippen molar-refractivity contribution in [1.82, 2.24) is 4.90 Å². The first-order chi connectivity index (χ1) is 9.25. The van der Waals surface area contributed by atoms with Gasteiger partial charge in [0, 0.05) is 12.1 Å². The summed E-state index contributed by atoms with van der Waals surface area (Å²) in [7, 11) is 0. The van der Waals surface area contributed by atoms with E-state index in [2.05, 4.69) is 0 Å². The third-order valence-electron chi connectivity index (χ3n) is 4.14. The summed E-state index contributed by atoms with van der Waals surface area (Å²) >= 11 is 0. The number of para-hydroxylation sites is 1. The summed E-state index contributed by atoms with van der Waals surface area (Å²) in [4.78, 5) is 14.4. The average molecular weight is 261 g/mol. The first-order valence-corrected chi connectivity index (χ1v) is 6.93. The number of hydrogen-bond acceptors (Lipinski definition) is 3. The van der Waals surface area contributed by atoms with Gasteiger partial charge < -0.3 is 14.7 Å². The van der Waals surface area contributed by atoms with Crippen LogP contribution in [0.25, 0.3) is 0 Å². The van der Waals surface area contributed by atoms with E-state index in [-0.39, 0.29) is 30.2 Å². The van der Waals surface area contributed by atoms with E-state index in [9.17, 15) is 9.90 Å². The fourth-order valence-corrected chi connectivity index (χ4v) is 3.16. The van der Waals surface area contributed by atoms with Crippen molar-refractivity contribution in [3.8, 4) is 5.75 Å². The summed E-state index contributed by atoms with van der Waals surface area (Å²) in [5, 5.41) is 9.75. The van der Waals surface area contributed by atoms with E-state index in [1.54, 1.807) is 18.2 Å². The van der Waals surface area contributed by atoms with Gasteiger partial charge in [-0.1, -0.05) is 18.2 Å². The smallest absolute Gasteiger partial charge is 0.227 e. The van der Waals surface area contributed by atoms with Gasteiger partial charge in [0.15, 0.2) is 0 Å². The Morgan fingerprint density at radius 2 is 2.21 bits per heavy atom. The maximum absolute atomic E-state index is 12.4. The van der Waals surface area contributed by atoms with Gasteiger partial charge in [0.25, 0.3) is 0 Å². The number of ether oxygens (including phenoxy) is 1. The van der Waals surface area contributed by atoms with Crippen molar-refractivity contribution in [2.45, 2.75) is 37.8 Å². The summed E-state index contributed by atoms with van der Waals surface area (Å²) in [6.45, 7) is 1.31. The van der Waals surface area contributed by atoms with Gasteiger partial charge in [-0.15, -0.1) is 0 Å². The fourth-order valence-electron chi connectivity index (χ4n) is 3.16. The summed E-state index contributed by atoms with van der Waals surface area (Å²) in [6, 6.07) is 7.29. The molecule has 2 aliphatic rings. The number of amides is 1. The van der Waals surface area contributed by atoms with Gasteiger partial charge in [-0.2, -0.15) is 0 Å². The topological polar surface area (TPSA) is 49.8 Å². The van der Waals surface area contributed by atoms with Gasteiger partial charge in [-0.3, -0.25) is 4.79 Å². The van der Waals surface area contributed by atoms with E-state index in [1.807, 2.05) is 11.0 Å². The number of aromatic hydroxyl groups is 1. The molecule has 1 saturated carbocycles. The number of benzene rings is 1. The number of carbonyl (C=O) groups is 1. The fraction of sp³-hybridized carbons (Fsp3) is 0.533. The minimum absolute atomic E-state index is 0.0988. The van der Waals surface area contributed by atoms with Crippen molar-refractivity contribution in [1.29, 1.82) is 0 Å². The van der Waals surface area contributed by atoms with Crippen LogP contribution in [0.3, 0.4) is 0 Å². The molecule has 0 spiro atoms. The third-order valence-corrected chi connectivity index (χ3v) is 4.14. The highest BCUT2D eigenvalue weighted by Crippen LogP contribution is 2.30. The van der Waals surface area contributed by atoms with E-state index < -0.39 is 0 Å². The number of phenols is 1. The Balaban J connectivity index is 1.71. The molecule has 1 aromatic rings. The quantitative estimate of drug-likeness (QED) is 0.881. The molecule has 4 heteroatoms. The molecule has 0 aromatic heterocycles. The number of nitrogens with zero attached hydrogens (tertiary/aromatic N) is 1. The molecule has 2 atom stereocenters. The van der Waals surface area contributed by atoms with Crippen LogP contribution >= 0.6 is 0 Å². The van der Waals surface area contributed by atoms with E-state index in [0.717, 1.165) is 19.3 Å². The van der Waals surface area contributed by atoms with Crippen LogP contribution < -0.4 is 0 Å². The molecular weight excluding hydrogens is 242 g/mol. The molecule has 102 valence electrons. The van der Waals surface area contributed by atoms with Crippen molar-refractivity contribution in [2.75, 3.05) is 13.2 Å². The third kappa shape index (κ3) is 2.45. The average Bonchev–Trinajstić information content (AvgIpc) is 2.89. The van der Waals surface area contributed by atoms with E-state index in [1.165, 1.54) is 0 Å². The molecular formula is C15H19NO3. The second kappa shape index (κ2) is 5.21. The molecule has 3 rings (SSSR count). The standard InChI is InChI=1S/C15H19NO3/c17-13-6-2-1-4-11(13)10-15(18)16-8-9-19-14-7-3-5-12(14)16/h1-2,4,6,12,14,17H,3,5,7-10H2. The van der Waals surface area contributed by atoms with Gasteiger partial charge in [0.05, 0.1) is 25.2 Å². The second-order valence-electron chi connectivity index (χ2n) is 5.30. The highest BCUT2D eigenvalue weighted by Gasteiger charge is 2.38. The van der Waals surface area contributed by atoms with Crippen LogP contribution in [0.5, 0.6) is 5.75 Å². The van der Waals surface area contributed by atoms with E-state index >= 15 is 0 Å². The molecule has 1 amide bonds. The van der Waals surface area contributed by atoms with Crippen molar-refractivity contribution >= 4 is 5.91 Å². The SMILES string of the molecule is O=C(Cc1ccccc1O)N1CCOC2CCCC21. The number of rotatable bonds is 2. The van der Waals surface area contributed by atoms with Gasteiger partial charge >= 0.3 is 0 Å². The summed E-state index contributed by atoms with van der Waals surface area (Å²) in [5.41, 5.74) is 0.702. The number of fused-ring (bicyclic) bond motifs is 1. The van der Waals surface area contributed by atoms with Crippen LogP contribution in [0.4, 0.5) is 0 Å². The zero-order chi connectivity index (χ0) is 13.2. The normalized spacial score (nSPS) is 26.2. The number of phenolic OH excluding ortho intramolecular Hbond substituents is 1. The van der Waals surface area contributed by atoms with E-state index in [4.69, 9.17) is 4.74 Å². The summed E-state index contributed by atoms with van der Waals surface area (Å²) < 4.78 is 5.71. The minimum atomic E-state index is 0.0988. The first-order valence-electron chi connectivity index (χ1n) is 6.93. The van der Waals surface area contributed by atoms with Crippen LogP contribution in [-0.2, 0) is 16.0 Å². The Hall–Kier alpha value is -1.55. The molecule has 1 heterocycles. The molecule has 1 aliphatic heterocycles. The lowest BCUT2D eigenvalue weighted by Gasteiger charge is -2.37.